The van der Waals surface area contributed by atoms with Crippen molar-refractivity contribution in [3.63, 3.8) is 0 Å². The molecule has 8 heteroatoms. The average molecular weight is 312 g/mol. The Bertz CT molecular complexity index is 389. The first-order valence-corrected chi connectivity index (χ1v) is 8.79. The van der Waals surface area contributed by atoms with Crippen molar-refractivity contribution >= 4 is 27.5 Å². The molecule has 0 unspecified atom stereocenters. The molecule has 0 radical (unpaired) electrons. The SMILES string of the molecule is NCCCCCCNC(=O)N[C@@H]1CS(=O)(=O)C[C@@H]1Cl. The van der Waals surface area contributed by atoms with Gasteiger partial charge in [0.1, 0.15) is 0 Å². The highest BCUT2D eigenvalue weighted by atomic mass is 35.5. The van der Waals surface area contributed by atoms with Crippen LogP contribution in [0.1, 0.15) is 25.7 Å². The fourth-order valence-electron chi connectivity index (χ4n) is 1.98. The second-order valence-corrected chi connectivity index (χ2v) is 7.52. The summed E-state index contributed by atoms with van der Waals surface area (Å²) >= 11 is 5.89. The molecule has 1 aliphatic heterocycles. The highest BCUT2D eigenvalue weighted by molar-refractivity contribution is 7.91. The largest absolute Gasteiger partial charge is 0.338 e. The van der Waals surface area contributed by atoms with Gasteiger partial charge < -0.3 is 16.4 Å². The van der Waals surface area contributed by atoms with Gasteiger partial charge in [-0.15, -0.1) is 11.6 Å². The number of carbonyl (C=O) groups is 1. The number of nitrogens with two attached hydrogens (primary N) is 1. The van der Waals surface area contributed by atoms with E-state index in [-0.39, 0.29) is 17.5 Å². The summed E-state index contributed by atoms with van der Waals surface area (Å²) in [4.78, 5) is 11.5. The van der Waals surface area contributed by atoms with Crippen LogP contribution in [-0.2, 0) is 9.84 Å². The molecule has 0 aromatic carbocycles. The molecule has 1 heterocycles. The lowest BCUT2D eigenvalue weighted by atomic mass is 10.2. The number of halogens is 1. The number of nitrogens with one attached hydrogen (secondary N) is 2. The molecule has 0 saturated carbocycles. The van der Waals surface area contributed by atoms with Gasteiger partial charge in [0.25, 0.3) is 0 Å². The van der Waals surface area contributed by atoms with Gasteiger partial charge in [-0.25, -0.2) is 13.2 Å². The lowest BCUT2D eigenvalue weighted by Crippen LogP contribution is -2.46. The lowest BCUT2D eigenvalue weighted by Gasteiger charge is -2.14. The van der Waals surface area contributed by atoms with Crippen LogP contribution >= 0.6 is 11.6 Å². The van der Waals surface area contributed by atoms with Crippen molar-refractivity contribution in [3.05, 3.63) is 0 Å². The van der Waals surface area contributed by atoms with Crippen LogP contribution < -0.4 is 16.4 Å². The first kappa shape index (κ1) is 16.5. The van der Waals surface area contributed by atoms with Crippen LogP contribution in [0.25, 0.3) is 0 Å². The molecule has 4 N–H and O–H groups in total. The molecule has 1 rings (SSSR count). The molecule has 1 fully saturated rings. The molecule has 112 valence electrons. The normalized spacial score (nSPS) is 25.2. The highest BCUT2D eigenvalue weighted by Crippen LogP contribution is 2.17. The number of carbonyl (C=O) groups excluding carboxylic acids is 1. The highest BCUT2D eigenvalue weighted by Gasteiger charge is 2.37. The molecule has 1 saturated heterocycles. The molecule has 2 atom stereocenters. The van der Waals surface area contributed by atoms with Crippen molar-refractivity contribution in [2.24, 2.45) is 5.73 Å². The minimum atomic E-state index is -3.11. The summed E-state index contributed by atoms with van der Waals surface area (Å²) in [5, 5.41) is 4.76. The summed E-state index contributed by atoms with van der Waals surface area (Å²) in [6.45, 7) is 1.27. The first-order chi connectivity index (χ1) is 8.94. The third-order valence-corrected chi connectivity index (χ3v) is 5.39. The van der Waals surface area contributed by atoms with Crippen LogP contribution in [0.15, 0.2) is 0 Å². The predicted octanol–water partition coefficient (Wildman–Crippen LogP) is 0.209. The Morgan fingerprint density at radius 1 is 1.21 bits per heavy atom. The Morgan fingerprint density at radius 2 is 1.89 bits per heavy atom. The van der Waals surface area contributed by atoms with Gasteiger partial charge in [-0.1, -0.05) is 12.8 Å². The van der Waals surface area contributed by atoms with Crippen LogP contribution in [0.2, 0.25) is 0 Å². The predicted molar refractivity (Wildman–Crippen MR) is 76.1 cm³/mol. The van der Waals surface area contributed by atoms with Crippen molar-refractivity contribution in [1.29, 1.82) is 0 Å². The smallest absolute Gasteiger partial charge is 0.315 e. The fourth-order valence-corrected chi connectivity index (χ4v) is 4.53. The van der Waals surface area contributed by atoms with Crippen LogP contribution in [0.3, 0.4) is 0 Å². The number of hydrogen-bond donors (Lipinski definition) is 3. The van der Waals surface area contributed by atoms with Gasteiger partial charge in [0.05, 0.1) is 22.9 Å². The Balaban J connectivity index is 2.14. The summed E-state index contributed by atoms with van der Waals surface area (Å²) < 4.78 is 22.7. The minimum Gasteiger partial charge on any atom is -0.338 e. The van der Waals surface area contributed by atoms with E-state index in [1.54, 1.807) is 0 Å². The summed E-state index contributed by atoms with van der Waals surface area (Å²) in [6, 6.07) is -0.851. The van der Waals surface area contributed by atoms with Gasteiger partial charge in [0.15, 0.2) is 9.84 Å². The van der Waals surface area contributed by atoms with Crippen molar-refractivity contribution in [1.82, 2.24) is 10.6 Å². The molecule has 0 bridgehead atoms. The van der Waals surface area contributed by atoms with Crippen LogP contribution in [-0.4, -0.2) is 50.5 Å². The summed E-state index contributed by atoms with van der Waals surface area (Å²) in [5.74, 6) is -0.149. The van der Waals surface area contributed by atoms with E-state index in [0.717, 1.165) is 25.7 Å². The number of urea groups is 1. The van der Waals surface area contributed by atoms with Gasteiger partial charge in [-0.3, -0.25) is 0 Å². The van der Waals surface area contributed by atoms with Gasteiger partial charge in [0.2, 0.25) is 0 Å². The van der Waals surface area contributed by atoms with Gasteiger partial charge >= 0.3 is 6.03 Å². The van der Waals surface area contributed by atoms with Crippen molar-refractivity contribution in [2.75, 3.05) is 24.6 Å². The molecule has 0 aromatic heterocycles. The number of amides is 2. The standard InChI is InChI=1S/C11H22ClN3O3S/c12-9-7-19(17,18)8-10(9)15-11(16)14-6-4-2-1-3-5-13/h9-10H,1-8,13H2,(H2,14,15,16)/t9-,10+/m0/s1. The molecule has 0 aliphatic carbocycles. The maximum Gasteiger partial charge on any atom is 0.315 e. The molecule has 6 nitrogen and oxygen atoms in total. The molecule has 0 spiro atoms. The van der Waals surface area contributed by atoms with E-state index >= 15 is 0 Å². The Morgan fingerprint density at radius 3 is 2.47 bits per heavy atom. The zero-order valence-electron chi connectivity index (χ0n) is 10.9. The molecule has 1 aliphatic rings. The van der Waals surface area contributed by atoms with Gasteiger partial charge in [0, 0.05) is 6.54 Å². The summed E-state index contributed by atoms with van der Waals surface area (Å²) in [7, 11) is -3.11. The van der Waals surface area contributed by atoms with Crippen LogP contribution in [0.5, 0.6) is 0 Å². The fraction of sp³-hybridized carbons (Fsp3) is 0.909. The third kappa shape index (κ3) is 6.44. The topological polar surface area (TPSA) is 101 Å². The van der Waals surface area contributed by atoms with Crippen molar-refractivity contribution < 1.29 is 13.2 Å². The lowest BCUT2D eigenvalue weighted by molar-refractivity contribution is 0.238. The zero-order valence-corrected chi connectivity index (χ0v) is 12.5. The van der Waals surface area contributed by atoms with E-state index in [2.05, 4.69) is 10.6 Å². The minimum absolute atomic E-state index is 0.0708. The number of alkyl halides is 1. The third-order valence-electron chi connectivity index (χ3n) is 3.02. The van der Waals surface area contributed by atoms with Gasteiger partial charge in [-0.2, -0.15) is 0 Å². The van der Waals surface area contributed by atoms with E-state index in [0.29, 0.717) is 13.1 Å². The van der Waals surface area contributed by atoms with E-state index < -0.39 is 21.3 Å². The monoisotopic (exact) mass is 311 g/mol. The summed E-state index contributed by atoms with van der Waals surface area (Å²) in [5.41, 5.74) is 5.38. The van der Waals surface area contributed by atoms with Gasteiger partial charge in [-0.05, 0) is 19.4 Å². The molecular formula is C11H22ClN3O3S. The van der Waals surface area contributed by atoms with Crippen LogP contribution in [0.4, 0.5) is 4.79 Å². The molecule has 19 heavy (non-hydrogen) atoms. The second-order valence-electron chi connectivity index (χ2n) is 4.80. The number of rotatable bonds is 7. The van der Waals surface area contributed by atoms with Crippen molar-refractivity contribution in [3.8, 4) is 0 Å². The van der Waals surface area contributed by atoms with E-state index in [1.165, 1.54) is 0 Å². The summed E-state index contributed by atoms with van der Waals surface area (Å²) in [6.07, 6.45) is 3.97. The maximum atomic E-state index is 11.5. The van der Waals surface area contributed by atoms with E-state index in [9.17, 15) is 13.2 Å². The molecule has 0 aromatic rings. The maximum absolute atomic E-state index is 11.5. The number of sulfone groups is 1. The number of unbranched alkanes of at least 4 members (excludes halogenated alkanes) is 3. The van der Waals surface area contributed by atoms with Crippen molar-refractivity contribution in [2.45, 2.75) is 37.1 Å². The Kier molecular flexibility index (Phi) is 6.88. The van der Waals surface area contributed by atoms with Crippen LogP contribution in [0, 0.1) is 0 Å². The van der Waals surface area contributed by atoms with E-state index in [4.69, 9.17) is 17.3 Å². The molecule has 2 amide bonds. The second kappa shape index (κ2) is 7.91. The Hall–Kier alpha value is -0.530. The first-order valence-electron chi connectivity index (χ1n) is 6.53. The Labute approximate surface area is 119 Å². The zero-order chi connectivity index (χ0) is 14.3. The average Bonchev–Trinajstić information content (AvgIpc) is 2.56. The van der Waals surface area contributed by atoms with E-state index in [1.807, 2.05) is 0 Å². The quantitative estimate of drug-likeness (QED) is 0.462. The number of hydrogen-bond acceptors (Lipinski definition) is 4. The molecular weight excluding hydrogens is 290 g/mol.